The minimum Gasteiger partial charge on any atom is -0.478 e. The van der Waals surface area contributed by atoms with E-state index in [0.29, 0.717) is 18.5 Å². The summed E-state index contributed by atoms with van der Waals surface area (Å²) in [6.45, 7) is 0.625. The molecule has 0 radical (unpaired) electrons. The molecule has 1 aromatic heterocycles. The molecule has 1 unspecified atom stereocenters. The summed E-state index contributed by atoms with van der Waals surface area (Å²) in [6, 6.07) is 6.91. The van der Waals surface area contributed by atoms with E-state index in [2.05, 4.69) is 9.97 Å². The summed E-state index contributed by atoms with van der Waals surface area (Å²) in [6.07, 6.45) is -2.96. The highest BCUT2D eigenvalue weighted by molar-refractivity contribution is 5.88. The number of carboxylic acids is 1. The van der Waals surface area contributed by atoms with Gasteiger partial charge < -0.3 is 10.0 Å². The predicted molar refractivity (Wildman–Crippen MR) is 88.1 cm³/mol. The molecule has 3 rings (SSSR count). The molecule has 2 heterocycles. The van der Waals surface area contributed by atoms with Crippen LogP contribution in [-0.4, -0.2) is 44.9 Å². The first-order chi connectivity index (χ1) is 12.7. The van der Waals surface area contributed by atoms with E-state index in [-0.39, 0.29) is 36.2 Å². The molecule has 2 aromatic rings. The molecule has 0 aliphatic carbocycles. The second kappa shape index (κ2) is 7.34. The molecule has 1 aliphatic heterocycles. The van der Waals surface area contributed by atoms with Gasteiger partial charge in [-0.05, 0) is 30.2 Å². The number of amides is 1. The Morgan fingerprint density at radius 3 is 2.74 bits per heavy atom. The standard InChI is InChI=1S/C18H16F3N3O3/c19-18(20,21)14-4-6-22-16(23-14)13-5-7-24(10-13)15(25)9-11-2-1-3-12(8-11)17(26)27/h1-4,6,8,13H,5,7,9-10H2,(H,26,27). The van der Waals surface area contributed by atoms with Crippen LogP contribution in [0.15, 0.2) is 36.5 Å². The topological polar surface area (TPSA) is 83.4 Å². The number of carboxylic acid groups (broad SMARTS) is 1. The molecule has 0 saturated carbocycles. The van der Waals surface area contributed by atoms with E-state index in [1.165, 1.54) is 12.1 Å². The minimum atomic E-state index is -4.54. The van der Waals surface area contributed by atoms with Gasteiger partial charge in [-0.1, -0.05) is 12.1 Å². The van der Waals surface area contributed by atoms with Crippen LogP contribution in [0.5, 0.6) is 0 Å². The van der Waals surface area contributed by atoms with E-state index < -0.39 is 17.8 Å². The lowest BCUT2D eigenvalue weighted by Crippen LogP contribution is -2.30. The lowest BCUT2D eigenvalue weighted by atomic mass is 10.1. The first-order valence-corrected chi connectivity index (χ1v) is 8.24. The van der Waals surface area contributed by atoms with E-state index in [0.717, 1.165) is 12.3 Å². The van der Waals surface area contributed by atoms with Crippen LogP contribution in [0.3, 0.4) is 0 Å². The monoisotopic (exact) mass is 379 g/mol. The number of nitrogens with zero attached hydrogens (tertiary/aromatic N) is 3. The third-order valence-corrected chi connectivity index (χ3v) is 4.40. The molecule has 142 valence electrons. The van der Waals surface area contributed by atoms with Crippen molar-refractivity contribution in [2.24, 2.45) is 0 Å². The number of likely N-dealkylation sites (tertiary alicyclic amines) is 1. The predicted octanol–water partition coefficient (Wildman–Crippen LogP) is 2.75. The largest absolute Gasteiger partial charge is 0.478 e. The van der Waals surface area contributed by atoms with Crippen molar-refractivity contribution in [1.82, 2.24) is 14.9 Å². The first kappa shape index (κ1) is 18.8. The summed E-state index contributed by atoms with van der Waals surface area (Å²) in [4.78, 5) is 32.5. The number of carbonyl (C=O) groups is 2. The average Bonchev–Trinajstić information content (AvgIpc) is 3.11. The normalized spacial score (nSPS) is 17.1. The fourth-order valence-electron chi connectivity index (χ4n) is 3.03. The zero-order chi connectivity index (χ0) is 19.6. The molecule has 6 nitrogen and oxygen atoms in total. The molecule has 9 heteroatoms. The Labute approximate surface area is 152 Å². The maximum atomic E-state index is 12.8. The summed E-state index contributed by atoms with van der Waals surface area (Å²) in [5.74, 6) is -1.58. The van der Waals surface area contributed by atoms with Gasteiger partial charge in [0.15, 0.2) is 0 Å². The summed E-state index contributed by atoms with van der Waals surface area (Å²) in [5.41, 5.74) is -0.335. The second-order valence-corrected chi connectivity index (χ2v) is 6.31. The van der Waals surface area contributed by atoms with Crippen molar-refractivity contribution in [2.75, 3.05) is 13.1 Å². The van der Waals surface area contributed by atoms with Gasteiger partial charge in [0.05, 0.1) is 12.0 Å². The van der Waals surface area contributed by atoms with Crippen molar-refractivity contribution in [2.45, 2.75) is 24.9 Å². The van der Waals surface area contributed by atoms with Gasteiger partial charge >= 0.3 is 12.1 Å². The lowest BCUT2D eigenvalue weighted by Gasteiger charge is -2.17. The third kappa shape index (κ3) is 4.42. The summed E-state index contributed by atoms with van der Waals surface area (Å²) in [7, 11) is 0. The van der Waals surface area contributed by atoms with Crippen molar-refractivity contribution >= 4 is 11.9 Å². The number of aromatic carboxylic acids is 1. The highest BCUT2D eigenvalue weighted by Crippen LogP contribution is 2.30. The summed E-state index contributed by atoms with van der Waals surface area (Å²) >= 11 is 0. The van der Waals surface area contributed by atoms with Crippen LogP contribution in [0.25, 0.3) is 0 Å². The number of alkyl halides is 3. The van der Waals surface area contributed by atoms with Gasteiger partial charge in [0.25, 0.3) is 0 Å². The number of hydrogen-bond donors (Lipinski definition) is 1. The van der Waals surface area contributed by atoms with Crippen molar-refractivity contribution in [1.29, 1.82) is 0 Å². The first-order valence-electron chi connectivity index (χ1n) is 8.24. The number of carbonyl (C=O) groups excluding carboxylic acids is 1. The quantitative estimate of drug-likeness (QED) is 0.883. The van der Waals surface area contributed by atoms with Gasteiger partial charge in [-0.3, -0.25) is 4.79 Å². The SMILES string of the molecule is O=C(O)c1cccc(CC(=O)N2CCC(c3nccc(C(F)(F)F)n3)C2)c1. The Morgan fingerprint density at radius 1 is 1.26 bits per heavy atom. The zero-order valence-corrected chi connectivity index (χ0v) is 14.1. The molecule has 1 fully saturated rings. The fourth-order valence-corrected chi connectivity index (χ4v) is 3.03. The average molecular weight is 379 g/mol. The van der Waals surface area contributed by atoms with Gasteiger partial charge in [-0.25, -0.2) is 14.8 Å². The van der Waals surface area contributed by atoms with Crippen LogP contribution in [0.2, 0.25) is 0 Å². The van der Waals surface area contributed by atoms with Crippen molar-refractivity contribution in [3.63, 3.8) is 0 Å². The van der Waals surface area contributed by atoms with Gasteiger partial charge in [0.1, 0.15) is 11.5 Å². The molecular formula is C18H16F3N3O3. The number of halogens is 3. The Kier molecular flexibility index (Phi) is 5.11. The maximum absolute atomic E-state index is 12.8. The number of rotatable bonds is 4. The van der Waals surface area contributed by atoms with Crippen LogP contribution in [-0.2, 0) is 17.4 Å². The van der Waals surface area contributed by atoms with Gasteiger partial charge in [-0.2, -0.15) is 13.2 Å². The molecule has 1 saturated heterocycles. The smallest absolute Gasteiger partial charge is 0.433 e. The molecule has 1 atom stereocenters. The summed E-state index contributed by atoms with van der Waals surface area (Å²) < 4.78 is 38.4. The summed E-state index contributed by atoms with van der Waals surface area (Å²) in [5, 5.41) is 9.01. The second-order valence-electron chi connectivity index (χ2n) is 6.31. The zero-order valence-electron chi connectivity index (χ0n) is 14.1. The molecular weight excluding hydrogens is 363 g/mol. The van der Waals surface area contributed by atoms with E-state index in [1.54, 1.807) is 17.0 Å². The molecule has 0 bridgehead atoms. The van der Waals surface area contributed by atoms with Crippen molar-refractivity contribution in [3.8, 4) is 0 Å². The highest BCUT2D eigenvalue weighted by atomic mass is 19.4. The fraction of sp³-hybridized carbons (Fsp3) is 0.333. The van der Waals surface area contributed by atoms with Crippen molar-refractivity contribution < 1.29 is 27.9 Å². The molecule has 1 amide bonds. The maximum Gasteiger partial charge on any atom is 0.433 e. The van der Waals surface area contributed by atoms with Crippen LogP contribution < -0.4 is 0 Å². The molecule has 27 heavy (non-hydrogen) atoms. The van der Waals surface area contributed by atoms with E-state index in [1.807, 2.05) is 0 Å². The van der Waals surface area contributed by atoms with E-state index in [9.17, 15) is 22.8 Å². The van der Waals surface area contributed by atoms with Crippen LogP contribution in [0, 0.1) is 0 Å². The Morgan fingerprint density at radius 2 is 2.04 bits per heavy atom. The number of aromatic nitrogens is 2. The number of benzene rings is 1. The van der Waals surface area contributed by atoms with Crippen LogP contribution in [0.1, 0.15) is 39.8 Å². The lowest BCUT2D eigenvalue weighted by molar-refractivity contribution is -0.141. The molecule has 1 aromatic carbocycles. The number of hydrogen-bond acceptors (Lipinski definition) is 4. The van der Waals surface area contributed by atoms with Crippen LogP contribution >= 0.6 is 0 Å². The third-order valence-electron chi connectivity index (χ3n) is 4.40. The van der Waals surface area contributed by atoms with Crippen molar-refractivity contribution in [3.05, 3.63) is 59.2 Å². The van der Waals surface area contributed by atoms with Crippen LogP contribution in [0.4, 0.5) is 13.2 Å². The Balaban J connectivity index is 1.66. The van der Waals surface area contributed by atoms with Gasteiger partial charge in [0, 0.05) is 25.2 Å². The molecule has 1 N–H and O–H groups in total. The van der Waals surface area contributed by atoms with E-state index in [4.69, 9.17) is 5.11 Å². The minimum absolute atomic E-state index is 0.0251. The Bertz CT molecular complexity index is 870. The Hall–Kier alpha value is -2.97. The highest BCUT2D eigenvalue weighted by Gasteiger charge is 2.35. The van der Waals surface area contributed by atoms with Gasteiger partial charge in [-0.15, -0.1) is 0 Å². The van der Waals surface area contributed by atoms with E-state index >= 15 is 0 Å². The van der Waals surface area contributed by atoms with Gasteiger partial charge in [0.2, 0.25) is 5.91 Å². The molecule has 0 spiro atoms. The molecule has 1 aliphatic rings.